The average Bonchev–Trinajstić information content (AvgIpc) is 3.05. The van der Waals surface area contributed by atoms with Gasteiger partial charge in [-0.3, -0.25) is 9.89 Å². The number of H-pyrrole nitrogens is 1. The molecule has 1 fully saturated rings. The highest BCUT2D eigenvalue weighted by Gasteiger charge is 2.34. The largest absolute Gasteiger partial charge is 0.344 e. The molecule has 1 amide bonds. The summed E-state index contributed by atoms with van der Waals surface area (Å²) in [5.41, 5.74) is 6.93. The third-order valence-electron chi connectivity index (χ3n) is 4.02. The minimum Gasteiger partial charge on any atom is -0.344 e. The lowest BCUT2D eigenvalue weighted by atomic mass is 9.97. The molecule has 19 heavy (non-hydrogen) atoms. The number of nitrogens with one attached hydrogen (secondary N) is 2. The highest BCUT2D eigenvalue weighted by Crippen LogP contribution is 2.29. The molecule has 1 saturated carbocycles. The predicted molar refractivity (Wildman–Crippen MR) is 73.8 cm³/mol. The lowest BCUT2D eigenvalue weighted by Gasteiger charge is -2.28. The third kappa shape index (κ3) is 2.10. The number of nitrogens with two attached hydrogens (primary N) is 1. The fourth-order valence-electron chi connectivity index (χ4n) is 2.87. The molecule has 100 valence electrons. The number of benzene rings is 1. The van der Waals surface area contributed by atoms with Crippen molar-refractivity contribution in [3.05, 3.63) is 30.0 Å². The van der Waals surface area contributed by atoms with Crippen molar-refractivity contribution >= 4 is 16.8 Å². The van der Waals surface area contributed by atoms with Crippen molar-refractivity contribution in [1.82, 2.24) is 15.5 Å². The number of hydrogen-bond acceptors (Lipinski definition) is 3. The second-order valence-electron chi connectivity index (χ2n) is 5.26. The molecule has 3 rings (SSSR count). The van der Waals surface area contributed by atoms with Crippen LogP contribution in [0.5, 0.6) is 0 Å². The summed E-state index contributed by atoms with van der Waals surface area (Å²) in [5, 5.41) is 10.9. The van der Waals surface area contributed by atoms with Crippen molar-refractivity contribution < 1.29 is 4.79 Å². The first kappa shape index (κ1) is 12.2. The Morgan fingerprint density at radius 2 is 2.11 bits per heavy atom. The summed E-state index contributed by atoms with van der Waals surface area (Å²) < 4.78 is 0. The fraction of sp³-hybridized carbons (Fsp3) is 0.429. The standard InChI is InChI=1S/C14H18N4O/c15-9-14(7-3-4-8-14)16-13(19)12-10-5-1-2-6-11(10)17-18-12/h1-2,5-6H,3-4,7-9,15H2,(H,16,19)(H,17,18). The molecule has 1 aromatic heterocycles. The number of aromatic nitrogens is 2. The molecule has 5 nitrogen and oxygen atoms in total. The van der Waals surface area contributed by atoms with Crippen LogP contribution >= 0.6 is 0 Å². The molecule has 1 heterocycles. The Hall–Kier alpha value is -1.88. The smallest absolute Gasteiger partial charge is 0.272 e. The average molecular weight is 258 g/mol. The van der Waals surface area contributed by atoms with Crippen LogP contribution in [0.4, 0.5) is 0 Å². The Bertz CT molecular complexity index is 598. The second-order valence-corrected chi connectivity index (χ2v) is 5.26. The topological polar surface area (TPSA) is 83.8 Å². The van der Waals surface area contributed by atoms with Crippen molar-refractivity contribution in [1.29, 1.82) is 0 Å². The molecule has 0 spiro atoms. The first-order valence-electron chi connectivity index (χ1n) is 6.70. The molecule has 0 unspecified atom stereocenters. The van der Waals surface area contributed by atoms with Crippen molar-refractivity contribution in [2.45, 2.75) is 31.2 Å². The first-order chi connectivity index (χ1) is 9.24. The van der Waals surface area contributed by atoms with E-state index in [9.17, 15) is 4.79 Å². The van der Waals surface area contributed by atoms with Gasteiger partial charge in [0, 0.05) is 11.9 Å². The van der Waals surface area contributed by atoms with Crippen LogP contribution in [0.15, 0.2) is 24.3 Å². The molecule has 5 heteroatoms. The quantitative estimate of drug-likeness (QED) is 0.781. The van der Waals surface area contributed by atoms with E-state index < -0.39 is 0 Å². The van der Waals surface area contributed by atoms with E-state index in [4.69, 9.17) is 5.73 Å². The van der Waals surface area contributed by atoms with E-state index in [-0.39, 0.29) is 11.4 Å². The van der Waals surface area contributed by atoms with E-state index in [2.05, 4.69) is 15.5 Å². The molecular weight excluding hydrogens is 240 g/mol. The number of carbonyl (C=O) groups excluding carboxylic acids is 1. The summed E-state index contributed by atoms with van der Waals surface area (Å²) in [6.07, 6.45) is 4.16. The van der Waals surface area contributed by atoms with E-state index in [0.717, 1.165) is 36.6 Å². The predicted octanol–water partition coefficient (Wildman–Crippen LogP) is 1.56. The second kappa shape index (κ2) is 4.66. The summed E-state index contributed by atoms with van der Waals surface area (Å²) in [4.78, 5) is 12.4. The number of carbonyl (C=O) groups is 1. The number of para-hydroxylation sites is 1. The van der Waals surface area contributed by atoms with Gasteiger partial charge in [-0.25, -0.2) is 0 Å². The van der Waals surface area contributed by atoms with Gasteiger partial charge in [0.25, 0.3) is 5.91 Å². The summed E-state index contributed by atoms with van der Waals surface area (Å²) >= 11 is 0. The zero-order valence-electron chi connectivity index (χ0n) is 10.8. The zero-order valence-corrected chi connectivity index (χ0v) is 10.8. The van der Waals surface area contributed by atoms with Gasteiger partial charge in [-0.2, -0.15) is 5.10 Å². The van der Waals surface area contributed by atoms with Crippen molar-refractivity contribution in [3.63, 3.8) is 0 Å². The number of nitrogens with zero attached hydrogens (tertiary/aromatic N) is 1. The van der Waals surface area contributed by atoms with E-state index in [1.807, 2.05) is 24.3 Å². The van der Waals surface area contributed by atoms with Crippen LogP contribution in [-0.4, -0.2) is 28.2 Å². The monoisotopic (exact) mass is 258 g/mol. The van der Waals surface area contributed by atoms with Gasteiger partial charge in [-0.1, -0.05) is 31.0 Å². The number of hydrogen-bond donors (Lipinski definition) is 3. The highest BCUT2D eigenvalue weighted by atomic mass is 16.2. The van der Waals surface area contributed by atoms with Gasteiger partial charge in [0.2, 0.25) is 0 Å². The molecule has 0 saturated heterocycles. The van der Waals surface area contributed by atoms with Crippen LogP contribution in [0.1, 0.15) is 36.2 Å². The number of aromatic amines is 1. The van der Waals surface area contributed by atoms with Gasteiger partial charge in [0.1, 0.15) is 0 Å². The van der Waals surface area contributed by atoms with Gasteiger partial charge in [-0.15, -0.1) is 0 Å². The molecular formula is C14H18N4O. The lowest BCUT2D eigenvalue weighted by molar-refractivity contribution is 0.0899. The SMILES string of the molecule is NCC1(NC(=O)c2n[nH]c3ccccc23)CCCC1. The number of amides is 1. The highest BCUT2D eigenvalue weighted by molar-refractivity contribution is 6.04. The fourth-order valence-corrected chi connectivity index (χ4v) is 2.87. The number of rotatable bonds is 3. The molecule has 0 radical (unpaired) electrons. The van der Waals surface area contributed by atoms with Gasteiger partial charge >= 0.3 is 0 Å². The van der Waals surface area contributed by atoms with Crippen LogP contribution in [0.3, 0.4) is 0 Å². The Balaban J connectivity index is 1.88. The first-order valence-corrected chi connectivity index (χ1v) is 6.70. The van der Waals surface area contributed by atoms with Crippen LogP contribution in [-0.2, 0) is 0 Å². The normalized spacial score (nSPS) is 17.7. The zero-order chi connectivity index (χ0) is 13.3. The maximum atomic E-state index is 12.4. The van der Waals surface area contributed by atoms with E-state index in [1.54, 1.807) is 0 Å². The molecule has 1 aromatic carbocycles. The van der Waals surface area contributed by atoms with Gasteiger partial charge in [-0.05, 0) is 18.9 Å². The van der Waals surface area contributed by atoms with E-state index >= 15 is 0 Å². The van der Waals surface area contributed by atoms with Crippen LogP contribution < -0.4 is 11.1 Å². The van der Waals surface area contributed by atoms with Crippen LogP contribution in [0, 0.1) is 0 Å². The maximum absolute atomic E-state index is 12.4. The summed E-state index contributed by atoms with van der Waals surface area (Å²) in [7, 11) is 0. The third-order valence-corrected chi connectivity index (χ3v) is 4.02. The lowest BCUT2D eigenvalue weighted by Crippen LogP contribution is -2.51. The van der Waals surface area contributed by atoms with Crippen molar-refractivity contribution in [2.75, 3.05) is 6.54 Å². The van der Waals surface area contributed by atoms with E-state index in [1.165, 1.54) is 0 Å². The van der Waals surface area contributed by atoms with Crippen LogP contribution in [0.25, 0.3) is 10.9 Å². The Kier molecular flexibility index (Phi) is 2.98. The summed E-state index contributed by atoms with van der Waals surface area (Å²) in [5.74, 6) is -0.134. The Morgan fingerprint density at radius 1 is 1.37 bits per heavy atom. The van der Waals surface area contributed by atoms with Crippen molar-refractivity contribution in [2.24, 2.45) is 5.73 Å². The summed E-state index contributed by atoms with van der Waals surface area (Å²) in [6, 6.07) is 7.63. The van der Waals surface area contributed by atoms with Gasteiger partial charge in [0.15, 0.2) is 5.69 Å². The molecule has 1 aliphatic carbocycles. The maximum Gasteiger partial charge on any atom is 0.272 e. The molecule has 0 atom stereocenters. The molecule has 0 bridgehead atoms. The minimum atomic E-state index is -0.239. The van der Waals surface area contributed by atoms with E-state index in [0.29, 0.717) is 12.2 Å². The Labute approximate surface area is 111 Å². The van der Waals surface area contributed by atoms with Crippen LogP contribution in [0.2, 0.25) is 0 Å². The van der Waals surface area contributed by atoms with Gasteiger partial charge < -0.3 is 11.1 Å². The molecule has 2 aromatic rings. The number of fused-ring (bicyclic) bond motifs is 1. The minimum absolute atomic E-state index is 0.134. The summed E-state index contributed by atoms with van der Waals surface area (Å²) in [6.45, 7) is 0.487. The van der Waals surface area contributed by atoms with Crippen molar-refractivity contribution in [3.8, 4) is 0 Å². The molecule has 0 aliphatic heterocycles. The Morgan fingerprint density at radius 3 is 2.84 bits per heavy atom. The molecule has 4 N–H and O–H groups in total. The molecule has 1 aliphatic rings. The van der Waals surface area contributed by atoms with Gasteiger partial charge in [0.05, 0.1) is 11.1 Å².